The van der Waals surface area contributed by atoms with Gasteiger partial charge in [-0.1, -0.05) is 13.8 Å². The van der Waals surface area contributed by atoms with E-state index in [0.29, 0.717) is 18.7 Å². The van der Waals surface area contributed by atoms with Crippen LogP contribution in [0.4, 0.5) is 0 Å². The molecular weight excluding hydrogens is 278 g/mol. The van der Waals surface area contributed by atoms with Gasteiger partial charge < -0.3 is 15.4 Å². The van der Waals surface area contributed by atoms with Crippen molar-refractivity contribution in [2.45, 2.75) is 52.8 Å². The summed E-state index contributed by atoms with van der Waals surface area (Å²) in [5, 5.41) is 6.80. The van der Waals surface area contributed by atoms with Crippen LogP contribution in [0.3, 0.4) is 0 Å². The van der Waals surface area contributed by atoms with Crippen molar-refractivity contribution in [1.29, 1.82) is 0 Å². The molecule has 1 aliphatic carbocycles. The first kappa shape index (κ1) is 16.7. The zero-order valence-electron chi connectivity index (χ0n) is 14.2. The van der Waals surface area contributed by atoms with Crippen LogP contribution in [-0.4, -0.2) is 41.7 Å². The van der Waals surface area contributed by atoms with E-state index in [1.165, 1.54) is 0 Å². The lowest BCUT2D eigenvalue weighted by Crippen LogP contribution is -2.63. The molecule has 1 aromatic rings. The standard InChI is InChI=1S/C16H27N5O/c1-6-17-15(19-10-12-7-8-18-11(2)20-12)21-13-9-14(22-5)16(13,3)4/h7-8,13-14H,6,9-10H2,1-5H3,(H2,17,19,21). The molecule has 22 heavy (non-hydrogen) atoms. The Labute approximate surface area is 132 Å². The van der Waals surface area contributed by atoms with Gasteiger partial charge >= 0.3 is 0 Å². The zero-order valence-corrected chi connectivity index (χ0v) is 14.2. The molecule has 1 heterocycles. The molecule has 2 unspecified atom stereocenters. The van der Waals surface area contributed by atoms with Gasteiger partial charge in [-0.05, 0) is 26.3 Å². The second kappa shape index (κ2) is 7.05. The predicted molar refractivity (Wildman–Crippen MR) is 87.7 cm³/mol. The average molecular weight is 305 g/mol. The Morgan fingerprint density at radius 2 is 2.27 bits per heavy atom. The Bertz CT molecular complexity index is 529. The van der Waals surface area contributed by atoms with Gasteiger partial charge in [0.2, 0.25) is 0 Å². The summed E-state index contributed by atoms with van der Waals surface area (Å²) >= 11 is 0. The number of rotatable bonds is 5. The smallest absolute Gasteiger partial charge is 0.191 e. The molecule has 1 aliphatic rings. The number of methoxy groups -OCH3 is 1. The highest BCUT2D eigenvalue weighted by Gasteiger charge is 2.48. The van der Waals surface area contributed by atoms with Crippen LogP contribution in [0.25, 0.3) is 0 Å². The second-order valence-corrected chi connectivity index (χ2v) is 6.27. The van der Waals surface area contributed by atoms with Gasteiger partial charge in [0.15, 0.2) is 5.96 Å². The Morgan fingerprint density at radius 1 is 1.50 bits per heavy atom. The third-order valence-electron chi connectivity index (χ3n) is 4.35. The predicted octanol–water partition coefficient (Wildman–Crippen LogP) is 1.65. The minimum Gasteiger partial charge on any atom is -0.381 e. The van der Waals surface area contributed by atoms with Crippen LogP contribution < -0.4 is 10.6 Å². The second-order valence-electron chi connectivity index (χ2n) is 6.27. The first-order chi connectivity index (χ1) is 10.5. The molecule has 0 spiro atoms. The van der Waals surface area contributed by atoms with Crippen molar-refractivity contribution < 1.29 is 4.74 Å². The summed E-state index contributed by atoms with van der Waals surface area (Å²) in [6, 6.07) is 2.26. The summed E-state index contributed by atoms with van der Waals surface area (Å²) in [5.41, 5.74) is 1.03. The number of aliphatic imine (C=N–C) groups is 1. The monoisotopic (exact) mass is 305 g/mol. The van der Waals surface area contributed by atoms with E-state index in [1.807, 2.05) is 13.0 Å². The van der Waals surface area contributed by atoms with Gasteiger partial charge in [0.25, 0.3) is 0 Å². The van der Waals surface area contributed by atoms with E-state index in [9.17, 15) is 0 Å². The van der Waals surface area contributed by atoms with Gasteiger partial charge in [-0.25, -0.2) is 15.0 Å². The van der Waals surface area contributed by atoms with Crippen molar-refractivity contribution in [2.24, 2.45) is 10.4 Å². The van der Waals surface area contributed by atoms with Crippen LogP contribution in [-0.2, 0) is 11.3 Å². The normalized spacial score (nSPS) is 23.8. The maximum atomic E-state index is 5.50. The lowest BCUT2D eigenvalue weighted by atomic mass is 9.64. The van der Waals surface area contributed by atoms with Crippen LogP contribution in [0.15, 0.2) is 17.3 Å². The Hall–Kier alpha value is -1.69. The number of nitrogens with one attached hydrogen (secondary N) is 2. The molecule has 2 atom stereocenters. The van der Waals surface area contributed by atoms with Crippen LogP contribution in [0, 0.1) is 12.3 Å². The highest BCUT2D eigenvalue weighted by Crippen LogP contribution is 2.42. The largest absolute Gasteiger partial charge is 0.381 e. The summed E-state index contributed by atoms with van der Waals surface area (Å²) in [7, 11) is 1.78. The lowest BCUT2D eigenvalue weighted by Gasteiger charge is -2.51. The number of hydrogen-bond acceptors (Lipinski definition) is 4. The van der Waals surface area contributed by atoms with Gasteiger partial charge in [0.1, 0.15) is 5.82 Å². The molecule has 2 N–H and O–H groups in total. The number of nitrogens with zero attached hydrogens (tertiary/aromatic N) is 3. The summed E-state index contributed by atoms with van der Waals surface area (Å²) in [5.74, 6) is 1.60. The molecule has 1 fully saturated rings. The van der Waals surface area contributed by atoms with Crippen molar-refractivity contribution in [2.75, 3.05) is 13.7 Å². The van der Waals surface area contributed by atoms with Crippen molar-refractivity contribution in [3.63, 3.8) is 0 Å². The van der Waals surface area contributed by atoms with E-state index in [-0.39, 0.29) is 5.41 Å². The van der Waals surface area contributed by atoms with Crippen LogP contribution in [0.2, 0.25) is 0 Å². The third kappa shape index (κ3) is 3.74. The van der Waals surface area contributed by atoms with Gasteiger partial charge in [0.05, 0.1) is 18.3 Å². The maximum absolute atomic E-state index is 5.50. The topological polar surface area (TPSA) is 71.4 Å². The molecule has 6 heteroatoms. The van der Waals surface area contributed by atoms with Crippen molar-refractivity contribution >= 4 is 5.96 Å². The number of aryl methyl sites for hydroxylation is 1. The van der Waals surface area contributed by atoms with Crippen molar-refractivity contribution in [3.05, 3.63) is 23.8 Å². The van der Waals surface area contributed by atoms with E-state index >= 15 is 0 Å². The van der Waals surface area contributed by atoms with Gasteiger partial charge in [0, 0.05) is 31.3 Å². The van der Waals surface area contributed by atoms with Gasteiger partial charge in [-0.2, -0.15) is 0 Å². The first-order valence-electron chi connectivity index (χ1n) is 7.83. The Morgan fingerprint density at radius 3 is 2.86 bits per heavy atom. The lowest BCUT2D eigenvalue weighted by molar-refractivity contribution is -0.0922. The molecule has 0 bridgehead atoms. The number of hydrogen-bond donors (Lipinski definition) is 2. The number of aromatic nitrogens is 2. The molecule has 0 radical (unpaired) electrons. The highest BCUT2D eigenvalue weighted by atomic mass is 16.5. The number of guanidine groups is 1. The maximum Gasteiger partial charge on any atom is 0.191 e. The molecule has 122 valence electrons. The summed E-state index contributed by atoms with van der Waals surface area (Å²) < 4.78 is 5.50. The Balaban J connectivity index is 1.99. The van der Waals surface area contributed by atoms with Crippen LogP contribution in [0.1, 0.15) is 38.7 Å². The molecule has 2 rings (SSSR count). The SMILES string of the molecule is CCNC(=NCc1ccnc(C)n1)NC1CC(OC)C1(C)C. The molecular formula is C16H27N5O. The zero-order chi connectivity index (χ0) is 16.2. The van der Waals surface area contributed by atoms with E-state index in [4.69, 9.17) is 4.74 Å². The summed E-state index contributed by atoms with van der Waals surface area (Å²) in [6.07, 6.45) is 3.07. The van der Waals surface area contributed by atoms with Gasteiger partial charge in [-0.3, -0.25) is 0 Å². The minimum atomic E-state index is 0.108. The highest BCUT2D eigenvalue weighted by molar-refractivity contribution is 5.80. The van der Waals surface area contributed by atoms with E-state index < -0.39 is 0 Å². The Kier molecular flexibility index (Phi) is 5.34. The van der Waals surface area contributed by atoms with Crippen molar-refractivity contribution in [3.8, 4) is 0 Å². The fraction of sp³-hybridized carbons (Fsp3) is 0.688. The van der Waals surface area contributed by atoms with Gasteiger partial charge in [-0.15, -0.1) is 0 Å². The van der Waals surface area contributed by atoms with Crippen LogP contribution in [0.5, 0.6) is 0 Å². The third-order valence-corrected chi connectivity index (χ3v) is 4.35. The van der Waals surface area contributed by atoms with E-state index in [1.54, 1.807) is 13.3 Å². The molecule has 0 saturated heterocycles. The number of ether oxygens (including phenoxy) is 1. The summed E-state index contributed by atoms with van der Waals surface area (Å²) in [6.45, 7) is 9.77. The minimum absolute atomic E-state index is 0.108. The molecule has 0 amide bonds. The van der Waals surface area contributed by atoms with E-state index in [2.05, 4.69) is 46.4 Å². The van der Waals surface area contributed by atoms with Crippen molar-refractivity contribution in [1.82, 2.24) is 20.6 Å². The fourth-order valence-corrected chi connectivity index (χ4v) is 2.77. The average Bonchev–Trinajstić information content (AvgIpc) is 2.48. The molecule has 0 aromatic carbocycles. The van der Waals surface area contributed by atoms with Crippen LogP contribution >= 0.6 is 0 Å². The van der Waals surface area contributed by atoms with E-state index in [0.717, 1.165) is 30.4 Å². The fourth-order valence-electron chi connectivity index (χ4n) is 2.77. The quantitative estimate of drug-likeness (QED) is 0.639. The first-order valence-corrected chi connectivity index (χ1v) is 7.83. The molecule has 1 aromatic heterocycles. The molecule has 6 nitrogen and oxygen atoms in total. The molecule has 0 aliphatic heterocycles. The summed E-state index contributed by atoms with van der Waals surface area (Å²) in [4.78, 5) is 13.1. The molecule has 1 saturated carbocycles.